The predicted octanol–water partition coefficient (Wildman–Crippen LogP) is 3.03. The molecule has 0 unspecified atom stereocenters. The van der Waals surface area contributed by atoms with Gasteiger partial charge in [-0.1, -0.05) is 0 Å². The fourth-order valence-electron chi connectivity index (χ4n) is 1.54. The Hall–Kier alpha value is -1.74. The van der Waals surface area contributed by atoms with E-state index in [0.717, 1.165) is 19.2 Å². The number of ether oxygens (including phenoxy) is 1. The van der Waals surface area contributed by atoms with Crippen LogP contribution in [-0.4, -0.2) is 13.1 Å². The van der Waals surface area contributed by atoms with Gasteiger partial charge in [0.2, 0.25) is 0 Å². The van der Waals surface area contributed by atoms with Crippen molar-refractivity contribution >= 4 is 17.6 Å². The summed E-state index contributed by atoms with van der Waals surface area (Å²) in [6.45, 7) is 0. The SMILES string of the molecule is COC(=O)Cc1cc(C#N)c(CCl)cc1C(F)(F)F. The summed E-state index contributed by atoms with van der Waals surface area (Å²) < 4.78 is 43.0. The molecule has 7 heteroatoms. The van der Waals surface area contributed by atoms with Gasteiger partial charge in [0.25, 0.3) is 0 Å². The second kappa shape index (κ2) is 5.93. The number of halogens is 4. The molecule has 0 amide bonds. The molecule has 0 fully saturated rings. The maximum atomic E-state index is 12.9. The Labute approximate surface area is 112 Å². The van der Waals surface area contributed by atoms with E-state index < -0.39 is 24.1 Å². The van der Waals surface area contributed by atoms with Gasteiger partial charge in [0.1, 0.15) is 0 Å². The monoisotopic (exact) mass is 291 g/mol. The number of methoxy groups -OCH3 is 1. The van der Waals surface area contributed by atoms with Crippen molar-refractivity contribution in [3.63, 3.8) is 0 Å². The molecule has 0 spiro atoms. The van der Waals surface area contributed by atoms with E-state index in [2.05, 4.69) is 4.74 Å². The lowest BCUT2D eigenvalue weighted by Gasteiger charge is -2.14. The second-order valence-electron chi connectivity index (χ2n) is 3.66. The van der Waals surface area contributed by atoms with E-state index in [-0.39, 0.29) is 22.6 Å². The Balaban J connectivity index is 3.41. The molecule has 0 N–H and O–H groups in total. The van der Waals surface area contributed by atoms with Gasteiger partial charge in [-0.25, -0.2) is 0 Å². The number of hydrogen-bond acceptors (Lipinski definition) is 3. The summed E-state index contributed by atoms with van der Waals surface area (Å²) in [5.74, 6) is -1.03. The fraction of sp³-hybridized carbons (Fsp3) is 0.333. The van der Waals surface area contributed by atoms with Crippen LogP contribution in [0.3, 0.4) is 0 Å². The maximum absolute atomic E-state index is 12.9. The highest BCUT2D eigenvalue weighted by molar-refractivity contribution is 6.17. The molecule has 0 saturated heterocycles. The van der Waals surface area contributed by atoms with Crippen LogP contribution in [0.1, 0.15) is 22.3 Å². The minimum absolute atomic E-state index is 0.0157. The van der Waals surface area contributed by atoms with E-state index in [0.29, 0.717) is 0 Å². The first-order valence-electron chi connectivity index (χ1n) is 5.09. The number of carbonyl (C=O) groups excluding carboxylic acids is 1. The minimum atomic E-state index is -4.63. The predicted molar refractivity (Wildman–Crippen MR) is 61.4 cm³/mol. The molecule has 3 nitrogen and oxygen atoms in total. The smallest absolute Gasteiger partial charge is 0.416 e. The molecule has 1 aromatic rings. The van der Waals surface area contributed by atoms with Crippen LogP contribution in [0.2, 0.25) is 0 Å². The van der Waals surface area contributed by atoms with Crippen molar-refractivity contribution in [1.82, 2.24) is 0 Å². The molecule has 19 heavy (non-hydrogen) atoms. The van der Waals surface area contributed by atoms with Crippen LogP contribution in [0.5, 0.6) is 0 Å². The summed E-state index contributed by atoms with van der Waals surface area (Å²) in [5, 5.41) is 8.85. The topological polar surface area (TPSA) is 50.1 Å². The molecule has 102 valence electrons. The molecule has 0 radical (unpaired) electrons. The van der Waals surface area contributed by atoms with Crippen LogP contribution in [-0.2, 0) is 28.0 Å². The highest BCUT2D eigenvalue weighted by Gasteiger charge is 2.34. The number of carbonyl (C=O) groups is 1. The zero-order valence-electron chi connectivity index (χ0n) is 9.84. The molecule has 0 saturated carbocycles. The van der Waals surface area contributed by atoms with Crippen molar-refractivity contribution in [3.05, 3.63) is 34.4 Å². The van der Waals surface area contributed by atoms with E-state index >= 15 is 0 Å². The first-order valence-corrected chi connectivity index (χ1v) is 5.62. The first kappa shape index (κ1) is 15.3. The molecule has 0 aliphatic heterocycles. The van der Waals surface area contributed by atoms with Gasteiger partial charge < -0.3 is 4.74 Å². The number of alkyl halides is 4. The molecule has 1 rings (SSSR count). The van der Waals surface area contributed by atoms with E-state index in [9.17, 15) is 18.0 Å². The average molecular weight is 292 g/mol. The number of hydrogen-bond donors (Lipinski definition) is 0. The lowest BCUT2D eigenvalue weighted by molar-refractivity contribution is -0.141. The first-order chi connectivity index (χ1) is 8.83. The standard InChI is InChI=1S/C12H9ClF3NO2/c1-19-11(18)4-7-2-9(6-17)8(5-13)3-10(7)12(14,15)16/h2-3H,4-5H2,1H3. The number of nitrogens with zero attached hydrogens (tertiary/aromatic N) is 1. The van der Waals surface area contributed by atoms with Gasteiger partial charge in [0, 0.05) is 5.88 Å². The highest BCUT2D eigenvalue weighted by Crippen LogP contribution is 2.34. The third-order valence-corrected chi connectivity index (χ3v) is 2.75. The zero-order valence-corrected chi connectivity index (χ0v) is 10.6. The third kappa shape index (κ3) is 3.61. The van der Waals surface area contributed by atoms with Gasteiger partial charge in [0.05, 0.1) is 30.7 Å². The Bertz CT molecular complexity index is 535. The van der Waals surface area contributed by atoms with Gasteiger partial charge in [-0.15, -0.1) is 11.6 Å². The summed E-state index contributed by atoms with van der Waals surface area (Å²) >= 11 is 5.51. The van der Waals surface area contributed by atoms with E-state index in [1.54, 1.807) is 6.07 Å². The van der Waals surface area contributed by atoms with E-state index in [1.807, 2.05) is 0 Å². The number of rotatable bonds is 3. The molecule has 0 atom stereocenters. The Morgan fingerprint density at radius 2 is 2.05 bits per heavy atom. The van der Waals surface area contributed by atoms with Gasteiger partial charge in [-0.3, -0.25) is 4.79 Å². The molecule has 0 aromatic heterocycles. The highest BCUT2D eigenvalue weighted by atomic mass is 35.5. The minimum Gasteiger partial charge on any atom is -0.469 e. The summed E-state index contributed by atoms with van der Waals surface area (Å²) in [6, 6.07) is 3.57. The fourth-order valence-corrected chi connectivity index (χ4v) is 1.76. The lowest BCUT2D eigenvalue weighted by Crippen LogP contribution is -2.14. The maximum Gasteiger partial charge on any atom is 0.416 e. The van der Waals surface area contributed by atoms with Gasteiger partial charge >= 0.3 is 12.1 Å². The molecule has 0 heterocycles. The molecule has 0 bridgehead atoms. The van der Waals surface area contributed by atoms with Crippen molar-refractivity contribution in [2.24, 2.45) is 0 Å². The van der Waals surface area contributed by atoms with Crippen molar-refractivity contribution in [2.75, 3.05) is 7.11 Å². The number of benzene rings is 1. The van der Waals surface area contributed by atoms with Crippen molar-refractivity contribution < 1.29 is 22.7 Å². The van der Waals surface area contributed by atoms with Gasteiger partial charge in [0.15, 0.2) is 0 Å². The lowest BCUT2D eigenvalue weighted by atomic mass is 9.97. The summed E-state index contributed by atoms with van der Waals surface area (Å²) in [5.41, 5.74) is -1.19. The van der Waals surface area contributed by atoms with Crippen LogP contribution < -0.4 is 0 Å². The zero-order chi connectivity index (χ0) is 14.6. The largest absolute Gasteiger partial charge is 0.469 e. The summed E-state index contributed by atoms with van der Waals surface area (Å²) in [6.07, 6.45) is -5.18. The summed E-state index contributed by atoms with van der Waals surface area (Å²) in [7, 11) is 1.08. The molecular weight excluding hydrogens is 283 g/mol. The Morgan fingerprint density at radius 3 is 2.47 bits per heavy atom. The Kier molecular flexibility index (Phi) is 4.78. The molecular formula is C12H9ClF3NO2. The molecule has 0 aliphatic carbocycles. The average Bonchev–Trinajstić information content (AvgIpc) is 2.36. The summed E-state index contributed by atoms with van der Waals surface area (Å²) in [4.78, 5) is 11.1. The van der Waals surface area contributed by atoms with Crippen molar-refractivity contribution in [1.29, 1.82) is 5.26 Å². The van der Waals surface area contributed by atoms with Crippen LogP contribution in [0.4, 0.5) is 13.2 Å². The van der Waals surface area contributed by atoms with E-state index in [4.69, 9.17) is 16.9 Å². The van der Waals surface area contributed by atoms with Crippen LogP contribution in [0, 0.1) is 11.3 Å². The third-order valence-electron chi connectivity index (χ3n) is 2.46. The van der Waals surface area contributed by atoms with Crippen molar-refractivity contribution in [2.45, 2.75) is 18.5 Å². The second-order valence-corrected chi connectivity index (χ2v) is 3.93. The van der Waals surface area contributed by atoms with E-state index in [1.165, 1.54) is 0 Å². The number of esters is 1. The quantitative estimate of drug-likeness (QED) is 0.635. The Morgan fingerprint density at radius 1 is 1.42 bits per heavy atom. The molecule has 1 aromatic carbocycles. The van der Waals surface area contributed by atoms with Crippen molar-refractivity contribution in [3.8, 4) is 6.07 Å². The van der Waals surface area contributed by atoms with Crippen LogP contribution >= 0.6 is 11.6 Å². The molecule has 0 aliphatic rings. The van der Waals surface area contributed by atoms with Crippen LogP contribution in [0.15, 0.2) is 12.1 Å². The number of nitriles is 1. The van der Waals surface area contributed by atoms with Gasteiger partial charge in [-0.2, -0.15) is 18.4 Å². The normalized spacial score (nSPS) is 10.9. The van der Waals surface area contributed by atoms with Gasteiger partial charge in [-0.05, 0) is 23.3 Å². The van der Waals surface area contributed by atoms with Crippen LogP contribution in [0.25, 0.3) is 0 Å².